The summed E-state index contributed by atoms with van der Waals surface area (Å²) in [5.74, 6) is -0.0174. The van der Waals surface area contributed by atoms with Crippen LogP contribution in [-0.2, 0) is 14.4 Å². The van der Waals surface area contributed by atoms with Crippen molar-refractivity contribution in [3.8, 4) is 11.4 Å². The zero-order valence-electron chi connectivity index (χ0n) is 15.5. The Balaban J connectivity index is 1.44. The summed E-state index contributed by atoms with van der Waals surface area (Å²) in [6, 6.07) is 15.3. The predicted octanol–water partition coefficient (Wildman–Crippen LogP) is 2.43. The van der Waals surface area contributed by atoms with Crippen LogP contribution in [0.15, 0.2) is 54.6 Å². The minimum absolute atomic E-state index is 0.0795. The monoisotopic (exact) mass is 390 g/mol. The van der Waals surface area contributed by atoms with Crippen LogP contribution < -0.4 is 16.0 Å². The summed E-state index contributed by atoms with van der Waals surface area (Å²) in [6.07, 6.45) is -0.0795. The molecule has 146 valence electrons. The van der Waals surface area contributed by atoms with E-state index in [0.717, 1.165) is 5.56 Å². The fraction of sp³-hybridized carbons (Fsp3) is 0.150. The summed E-state index contributed by atoms with van der Waals surface area (Å²) < 4.78 is 1.45. The van der Waals surface area contributed by atoms with Gasteiger partial charge >= 0.3 is 0 Å². The molecule has 1 aliphatic rings. The Kier molecular flexibility index (Phi) is 4.78. The minimum Gasteiger partial charge on any atom is -0.326 e. The number of aromatic nitrogens is 3. The number of nitrogens with one attached hydrogen (secondary N) is 3. The molecule has 9 heteroatoms. The standard InChI is InChI=1S/C20H18N6O3/c1-12(27)21-14-7-9-15(10-8-14)22-17(28)11-16-19(29)24-20-23-18(25-26(16)20)13-5-3-2-4-6-13/h2-10,16H,11H2,1H3,(H,21,27)(H,22,28)(H,23,24,25,29). The van der Waals surface area contributed by atoms with Crippen molar-refractivity contribution >= 4 is 35.0 Å². The van der Waals surface area contributed by atoms with Crippen molar-refractivity contribution in [3.05, 3.63) is 54.6 Å². The van der Waals surface area contributed by atoms with Crippen molar-refractivity contribution in [2.45, 2.75) is 19.4 Å². The highest BCUT2D eigenvalue weighted by molar-refractivity contribution is 6.01. The Morgan fingerprint density at radius 3 is 2.34 bits per heavy atom. The van der Waals surface area contributed by atoms with E-state index in [9.17, 15) is 14.4 Å². The van der Waals surface area contributed by atoms with Gasteiger partial charge < -0.3 is 10.6 Å². The number of carbonyl (C=O) groups is 3. The fourth-order valence-electron chi connectivity index (χ4n) is 3.05. The fourth-order valence-corrected chi connectivity index (χ4v) is 3.05. The summed E-state index contributed by atoms with van der Waals surface area (Å²) in [5, 5.41) is 12.5. The maximum absolute atomic E-state index is 12.4. The smallest absolute Gasteiger partial charge is 0.252 e. The number of rotatable bonds is 5. The summed E-state index contributed by atoms with van der Waals surface area (Å²) >= 11 is 0. The molecule has 1 aromatic heterocycles. The zero-order valence-corrected chi connectivity index (χ0v) is 15.5. The lowest BCUT2D eigenvalue weighted by Gasteiger charge is -2.10. The molecule has 0 saturated carbocycles. The minimum atomic E-state index is -0.770. The van der Waals surface area contributed by atoms with Crippen LogP contribution in [0, 0.1) is 0 Å². The highest BCUT2D eigenvalue weighted by atomic mass is 16.2. The molecule has 4 rings (SSSR count). The van der Waals surface area contributed by atoms with Gasteiger partial charge in [-0.25, -0.2) is 4.68 Å². The van der Waals surface area contributed by atoms with Gasteiger partial charge in [0, 0.05) is 23.9 Å². The molecule has 1 atom stereocenters. The molecule has 0 bridgehead atoms. The van der Waals surface area contributed by atoms with Crippen LogP contribution in [0.25, 0.3) is 11.4 Å². The van der Waals surface area contributed by atoms with E-state index in [2.05, 4.69) is 26.0 Å². The molecular formula is C20H18N6O3. The topological polar surface area (TPSA) is 118 Å². The largest absolute Gasteiger partial charge is 0.326 e. The molecule has 1 unspecified atom stereocenters. The first-order chi connectivity index (χ1) is 14.0. The molecule has 0 fully saturated rings. The molecular weight excluding hydrogens is 372 g/mol. The molecule has 2 heterocycles. The second-order valence-corrected chi connectivity index (χ2v) is 6.59. The van der Waals surface area contributed by atoms with Crippen molar-refractivity contribution in [1.82, 2.24) is 14.8 Å². The number of nitrogens with zero attached hydrogens (tertiary/aromatic N) is 3. The second kappa shape index (κ2) is 7.55. The molecule has 0 aliphatic carbocycles. The highest BCUT2D eigenvalue weighted by Crippen LogP contribution is 2.28. The van der Waals surface area contributed by atoms with Crippen LogP contribution in [0.3, 0.4) is 0 Å². The Hall–Kier alpha value is -4.01. The third-order valence-corrected chi connectivity index (χ3v) is 4.36. The summed E-state index contributed by atoms with van der Waals surface area (Å²) in [5.41, 5.74) is 2.02. The Morgan fingerprint density at radius 2 is 1.69 bits per heavy atom. The molecule has 1 aliphatic heterocycles. The van der Waals surface area contributed by atoms with Crippen molar-refractivity contribution in [2.75, 3.05) is 16.0 Å². The third-order valence-electron chi connectivity index (χ3n) is 4.36. The lowest BCUT2D eigenvalue weighted by molar-refractivity contribution is -0.123. The molecule has 0 radical (unpaired) electrons. The number of anilines is 3. The zero-order chi connectivity index (χ0) is 20.4. The highest BCUT2D eigenvalue weighted by Gasteiger charge is 2.35. The lowest BCUT2D eigenvalue weighted by Crippen LogP contribution is -2.23. The molecule has 3 amide bonds. The van der Waals surface area contributed by atoms with Gasteiger partial charge in [0.05, 0.1) is 6.42 Å². The van der Waals surface area contributed by atoms with Crippen LogP contribution in [0.2, 0.25) is 0 Å². The molecule has 29 heavy (non-hydrogen) atoms. The average Bonchev–Trinajstić information content (AvgIpc) is 3.22. The van der Waals surface area contributed by atoms with Crippen molar-refractivity contribution < 1.29 is 14.4 Å². The van der Waals surface area contributed by atoms with E-state index in [1.54, 1.807) is 24.3 Å². The molecule has 0 saturated heterocycles. The normalized spacial score (nSPS) is 14.8. The first kappa shape index (κ1) is 18.4. The van der Waals surface area contributed by atoms with Crippen LogP contribution in [0.5, 0.6) is 0 Å². The maximum atomic E-state index is 12.4. The van der Waals surface area contributed by atoms with Crippen LogP contribution >= 0.6 is 0 Å². The van der Waals surface area contributed by atoms with Gasteiger partial charge in [0.25, 0.3) is 5.91 Å². The predicted molar refractivity (Wildman–Crippen MR) is 107 cm³/mol. The van der Waals surface area contributed by atoms with E-state index in [1.165, 1.54) is 11.6 Å². The van der Waals surface area contributed by atoms with Crippen LogP contribution in [0.1, 0.15) is 19.4 Å². The lowest BCUT2D eigenvalue weighted by atomic mass is 10.2. The van der Waals surface area contributed by atoms with E-state index in [4.69, 9.17) is 0 Å². The summed E-state index contributed by atoms with van der Waals surface area (Å²) in [6.45, 7) is 1.42. The van der Waals surface area contributed by atoms with Crippen LogP contribution in [-0.4, -0.2) is 32.5 Å². The number of amides is 3. The van der Waals surface area contributed by atoms with Crippen molar-refractivity contribution in [1.29, 1.82) is 0 Å². The molecule has 9 nitrogen and oxygen atoms in total. The first-order valence-corrected chi connectivity index (χ1v) is 9.00. The SMILES string of the molecule is CC(=O)Nc1ccc(NC(=O)CC2C(=O)Nc3nc(-c4ccccc4)nn32)cc1. The number of benzene rings is 2. The van der Waals surface area contributed by atoms with E-state index < -0.39 is 6.04 Å². The molecule has 3 aromatic rings. The first-order valence-electron chi connectivity index (χ1n) is 9.00. The second-order valence-electron chi connectivity index (χ2n) is 6.59. The average molecular weight is 390 g/mol. The Morgan fingerprint density at radius 1 is 1.03 bits per heavy atom. The van der Waals surface area contributed by atoms with E-state index >= 15 is 0 Å². The van der Waals surface area contributed by atoms with Crippen molar-refractivity contribution in [2.24, 2.45) is 0 Å². The maximum Gasteiger partial charge on any atom is 0.252 e. The van der Waals surface area contributed by atoms with Crippen molar-refractivity contribution in [3.63, 3.8) is 0 Å². The number of fused-ring (bicyclic) bond motifs is 1. The number of hydrogen-bond acceptors (Lipinski definition) is 5. The molecule has 0 spiro atoms. The van der Waals surface area contributed by atoms with Gasteiger partial charge in [-0.3, -0.25) is 19.7 Å². The van der Waals surface area contributed by atoms with Crippen LogP contribution in [0.4, 0.5) is 17.3 Å². The van der Waals surface area contributed by atoms with Gasteiger partial charge in [-0.2, -0.15) is 4.98 Å². The summed E-state index contributed by atoms with van der Waals surface area (Å²) in [4.78, 5) is 40.1. The van der Waals surface area contributed by atoms with Gasteiger partial charge in [0.15, 0.2) is 5.82 Å². The number of carbonyl (C=O) groups excluding carboxylic acids is 3. The van der Waals surface area contributed by atoms with E-state index in [1.807, 2.05) is 30.3 Å². The van der Waals surface area contributed by atoms with E-state index in [0.29, 0.717) is 23.1 Å². The van der Waals surface area contributed by atoms with Gasteiger partial charge in [-0.05, 0) is 24.3 Å². The number of hydrogen-bond donors (Lipinski definition) is 3. The van der Waals surface area contributed by atoms with E-state index in [-0.39, 0.29) is 24.1 Å². The summed E-state index contributed by atoms with van der Waals surface area (Å²) in [7, 11) is 0. The van der Waals surface area contributed by atoms with Gasteiger partial charge in [-0.1, -0.05) is 30.3 Å². The van der Waals surface area contributed by atoms with Gasteiger partial charge in [-0.15, -0.1) is 5.10 Å². The quantitative estimate of drug-likeness (QED) is 0.618. The van der Waals surface area contributed by atoms with Gasteiger partial charge in [0.1, 0.15) is 6.04 Å². The van der Waals surface area contributed by atoms with Gasteiger partial charge in [0.2, 0.25) is 17.8 Å². The molecule has 3 N–H and O–H groups in total. The Labute approximate surface area is 166 Å². The third kappa shape index (κ3) is 3.98. The molecule has 2 aromatic carbocycles. The Bertz CT molecular complexity index is 1080.